The third kappa shape index (κ3) is 2.84. The number of aromatic nitrogens is 1. The van der Waals surface area contributed by atoms with Crippen molar-refractivity contribution < 1.29 is 4.79 Å². The molecule has 2 atom stereocenters. The molecule has 3 nitrogen and oxygen atoms in total. The Kier molecular flexibility index (Phi) is 4.02. The van der Waals surface area contributed by atoms with Gasteiger partial charge in [-0.25, -0.2) is 0 Å². The Bertz CT molecular complexity index is 687. The summed E-state index contributed by atoms with van der Waals surface area (Å²) >= 11 is 9.85. The van der Waals surface area contributed by atoms with Crippen molar-refractivity contribution in [3.63, 3.8) is 0 Å². The monoisotopic (exact) mass is 368 g/mol. The Labute approximate surface area is 137 Å². The minimum atomic E-state index is 0.00530. The lowest BCUT2D eigenvalue weighted by atomic mass is 9.92. The third-order valence-electron chi connectivity index (χ3n) is 4.07. The minimum absolute atomic E-state index is 0.00530. The second kappa shape index (κ2) is 5.65. The molecule has 0 radical (unpaired) electrons. The zero-order chi connectivity index (χ0) is 15.1. The summed E-state index contributed by atoms with van der Waals surface area (Å²) in [6.45, 7) is 6.00. The smallest absolute Gasteiger partial charge is 0.271 e. The summed E-state index contributed by atoms with van der Waals surface area (Å²) in [5, 5.41) is 1.40. The van der Waals surface area contributed by atoms with Crippen molar-refractivity contribution >= 4 is 44.3 Å². The molecule has 1 aromatic carbocycles. The molecule has 0 unspecified atom stereocenters. The highest BCUT2D eigenvalue weighted by molar-refractivity contribution is 9.10. The lowest BCUT2D eigenvalue weighted by Gasteiger charge is -2.34. The highest BCUT2D eigenvalue weighted by Gasteiger charge is 2.28. The minimum Gasteiger partial charge on any atom is -0.349 e. The molecule has 0 aliphatic carbocycles. The van der Waals surface area contributed by atoms with Crippen LogP contribution in [0.4, 0.5) is 0 Å². The van der Waals surface area contributed by atoms with Gasteiger partial charge in [0.25, 0.3) is 5.91 Å². The fraction of sp³-hybridized carbons (Fsp3) is 0.438. The number of carbonyl (C=O) groups is 1. The summed E-state index contributed by atoms with van der Waals surface area (Å²) < 4.78 is 0.954. The Hall–Kier alpha value is -1.000. The Morgan fingerprint density at radius 3 is 2.67 bits per heavy atom. The van der Waals surface area contributed by atoms with Crippen molar-refractivity contribution in [3.05, 3.63) is 33.4 Å². The highest BCUT2D eigenvalue weighted by atomic mass is 79.9. The molecule has 0 saturated carbocycles. The molecule has 1 N–H and O–H groups in total. The predicted molar refractivity (Wildman–Crippen MR) is 89.9 cm³/mol. The van der Waals surface area contributed by atoms with E-state index in [4.69, 9.17) is 11.6 Å². The molecule has 1 amide bonds. The summed E-state index contributed by atoms with van der Waals surface area (Å²) in [5.41, 5.74) is 1.40. The SMILES string of the molecule is C[C@@H]1C[C@H](C)CN(C(=O)c2[nH]c3ccc(Br)cc3c2Cl)C1. The van der Waals surface area contributed by atoms with Gasteiger partial charge in [-0.2, -0.15) is 0 Å². The first-order chi connectivity index (χ1) is 9.95. The van der Waals surface area contributed by atoms with Crippen LogP contribution in [-0.2, 0) is 0 Å². The van der Waals surface area contributed by atoms with Gasteiger partial charge in [-0.3, -0.25) is 4.79 Å². The number of rotatable bonds is 1. The van der Waals surface area contributed by atoms with Crippen LogP contribution in [-0.4, -0.2) is 28.9 Å². The summed E-state index contributed by atoms with van der Waals surface area (Å²) in [4.78, 5) is 17.9. The molecule has 1 aliphatic heterocycles. The molecule has 0 bridgehead atoms. The van der Waals surface area contributed by atoms with Crippen molar-refractivity contribution in [2.75, 3.05) is 13.1 Å². The summed E-state index contributed by atoms with van der Waals surface area (Å²) in [6.07, 6.45) is 1.18. The highest BCUT2D eigenvalue weighted by Crippen LogP contribution is 2.31. The van der Waals surface area contributed by atoms with E-state index in [9.17, 15) is 4.79 Å². The van der Waals surface area contributed by atoms with Crippen LogP contribution in [0.25, 0.3) is 10.9 Å². The van der Waals surface area contributed by atoms with Crippen LogP contribution < -0.4 is 0 Å². The fourth-order valence-corrected chi connectivity index (χ4v) is 3.91. The summed E-state index contributed by atoms with van der Waals surface area (Å²) in [6, 6.07) is 5.81. The molecule has 21 heavy (non-hydrogen) atoms. The van der Waals surface area contributed by atoms with E-state index in [1.807, 2.05) is 23.1 Å². The van der Waals surface area contributed by atoms with Crippen LogP contribution in [0.1, 0.15) is 30.8 Å². The van der Waals surface area contributed by atoms with Crippen molar-refractivity contribution in [3.8, 4) is 0 Å². The maximum atomic E-state index is 12.8. The van der Waals surface area contributed by atoms with Crippen molar-refractivity contribution in [1.29, 1.82) is 0 Å². The lowest BCUT2D eigenvalue weighted by molar-refractivity contribution is 0.0618. The van der Waals surface area contributed by atoms with Gasteiger partial charge in [0.1, 0.15) is 5.69 Å². The number of halogens is 2. The van der Waals surface area contributed by atoms with E-state index in [0.717, 1.165) is 28.5 Å². The zero-order valence-corrected chi connectivity index (χ0v) is 14.5. The van der Waals surface area contributed by atoms with Crippen LogP contribution >= 0.6 is 27.5 Å². The molecule has 1 aliphatic rings. The summed E-state index contributed by atoms with van der Waals surface area (Å²) in [5.74, 6) is 1.08. The molecule has 2 heterocycles. The Balaban J connectivity index is 1.96. The standard InChI is InChI=1S/C16H18BrClN2O/c1-9-5-10(2)8-20(7-9)16(21)15-14(18)12-6-11(17)3-4-13(12)19-15/h3-4,6,9-10,19H,5,7-8H2,1-2H3/t9-,10+. The molecular weight excluding hydrogens is 352 g/mol. The number of H-pyrrole nitrogens is 1. The van der Waals surface area contributed by atoms with Crippen LogP contribution in [0.5, 0.6) is 0 Å². The van der Waals surface area contributed by atoms with Gasteiger partial charge in [-0.1, -0.05) is 41.4 Å². The van der Waals surface area contributed by atoms with E-state index in [1.54, 1.807) is 0 Å². The van der Waals surface area contributed by atoms with E-state index in [1.165, 1.54) is 6.42 Å². The normalized spacial score (nSPS) is 22.8. The number of hydrogen-bond acceptors (Lipinski definition) is 1. The van der Waals surface area contributed by atoms with Crippen LogP contribution in [0, 0.1) is 11.8 Å². The molecule has 0 spiro atoms. The number of fused-ring (bicyclic) bond motifs is 1. The van der Waals surface area contributed by atoms with Gasteiger partial charge in [0, 0.05) is 28.5 Å². The number of piperidine rings is 1. The van der Waals surface area contributed by atoms with E-state index in [2.05, 4.69) is 34.8 Å². The number of carbonyl (C=O) groups excluding carboxylic acids is 1. The molecule has 2 aromatic rings. The first kappa shape index (κ1) is 14.9. The molecule has 5 heteroatoms. The quantitative estimate of drug-likeness (QED) is 0.777. The number of benzene rings is 1. The number of nitrogens with zero attached hydrogens (tertiary/aromatic N) is 1. The van der Waals surface area contributed by atoms with Gasteiger partial charge in [-0.05, 0) is 36.5 Å². The van der Waals surface area contributed by atoms with Crippen LogP contribution in [0.3, 0.4) is 0 Å². The summed E-state index contributed by atoms with van der Waals surface area (Å²) in [7, 11) is 0. The van der Waals surface area contributed by atoms with Gasteiger partial charge >= 0.3 is 0 Å². The van der Waals surface area contributed by atoms with Gasteiger partial charge in [-0.15, -0.1) is 0 Å². The van der Waals surface area contributed by atoms with Gasteiger partial charge < -0.3 is 9.88 Å². The van der Waals surface area contributed by atoms with Crippen molar-refractivity contribution in [1.82, 2.24) is 9.88 Å². The molecule has 3 rings (SSSR count). The number of amides is 1. The Morgan fingerprint density at radius 2 is 2.00 bits per heavy atom. The Morgan fingerprint density at radius 1 is 1.33 bits per heavy atom. The molecule has 1 aromatic heterocycles. The zero-order valence-electron chi connectivity index (χ0n) is 12.1. The van der Waals surface area contributed by atoms with E-state index < -0.39 is 0 Å². The average molecular weight is 370 g/mol. The molecular formula is C16H18BrClN2O. The second-order valence-corrected chi connectivity index (χ2v) is 7.45. The maximum Gasteiger partial charge on any atom is 0.271 e. The van der Waals surface area contributed by atoms with Crippen LogP contribution in [0.2, 0.25) is 5.02 Å². The number of likely N-dealkylation sites (tertiary alicyclic amines) is 1. The van der Waals surface area contributed by atoms with Crippen molar-refractivity contribution in [2.24, 2.45) is 11.8 Å². The number of nitrogens with one attached hydrogen (secondary N) is 1. The molecule has 1 saturated heterocycles. The van der Waals surface area contributed by atoms with Gasteiger partial charge in [0.05, 0.1) is 5.02 Å². The topological polar surface area (TPSA) is 36.1 Å². The third-order valence-corrected chi connectivity index (χ3v) is 4.95. The largest absolute Gasteiger partial charge is 0.349 e. The number of hydrogen-bond donors (Lipinski definition) is 1. The van der Waals surface area contributed by atoms with Gasteiger partial charge in [0.2, 0.25) is 0 Å². The number of aromatic amines is 1. The lowest BCUT2D eigenvalue weighted by Crippen LogP contribution is -2.42. The van der Waals surface area contributed by atoms with E-state index in [0.29, 0.717) is 22.6 Å². The van der Waals surface area contributed by atoms with Crippen molar-refractivity contribution in [2.45, 2.75) is 20.3 Å². The van der Waals surface area contributed by atoms with Gasteiger partial charge in [0.15, 0.2) is 0 Å². The molecule has 112 valence electrons. The predicted octanol–water partition coefficient (Wildman–Crippen LogP) is 4.70. The van der Waals surface area contributed by atoms with E-state index >= 15 is 0 Å². The first-order valence-electron chi connectivity index (χ1n) is 7.21. The molecule has 1 fully saturated rings. The first-order valence-corrected chi connectivity index (χ1v) is 8.38. The fourth-order valence-electron chi connectivity index (χ4n) is 3.27. The second-order valence-electron chi connectivity index (χ2n) is 6.16. The average Bonchev–Trinajstić information content (AvgIpc) is 2.74. The van der Waals surface area contributed by atoms with Crippen LogP contribution in [0.15, 0.2) is 22.7 Å². The maximum absolute atomic E-state index is 12.8. The van der Waals surface area contributed by atoms with E-state index in [-0.39, 0.29) is 5.91 Å².